The Morgan fingerprint density at radius 3 is 2.75 bits per heavy atom. The zero-order valence-corrected chi connectivity index (χ0v) is 11.5. The Labute approximate surface area is 116 Å². The summed E-state index contributed by atoms with van der Waals surface area (Å²) < 4.78 is 0. The maximum atomic E-state index is 12.1. The number of hydrogen-bond acceptors (Lipinski definition) is 3. The average Bonchev–Trinajstić information content (AvgIpc) is 2.46. The first-order valence-electron chi connectivity index (χ1n) is 6.64. The Kier molecular flexibility index (Phi) is 3.06. The minimum atomic E-state index is -0.0594. The molecule has 20 heavy (non-hydrogen) atoms. The van der Waals surface area contributed by atoms with Crippen LogP contribution in [0.5, 0.6) is 0 Å². The molecule has 0 aliphatic heterocycles. The third-order valence-electron chi connectivity index (χ3n) is 3.48. The molecule has 3 rings (SSSR count). The summed E-state index contributed by atoms with van der Waals surface area (Å²) in [6.07, 6.45) is 2.42. The average molecular weight is 265 g/mol. The molecule has 100 valence electrons. The van der Waals surface area contributed by atoms with Crippen LogP contribution in [0.15, 0.2) is 41.3 Å². The van der Waals surface area contributed by atoms with Crippen LogP contribution in [0.25, 0.3) is 22.3 Å². The van der Waals surface area contributed by atoms with Crippen molar-refractivity contribution in [1.29, 1.82) is 0 Å². The molecule has 0 atom stereocenters. The smallest absolute Gasteiger partial charge is 0.254 e. The molecule has 0 radical (unpaired) electrons. The second-order valence-electron chi connectivity index (χ2n) is 4.71. The molecule has 2 heterocycles. The summed E-state index contributed by atoms with van der Waals surface area (Å²) in [5.41, 5.74) is 3.26. The fourth-order valence-electron chi connectivity index (χ4n) is 2.46. The number of aromatic amines is 1. The Morgan fingerprint density at radius 2 is 2.00 bits per heavy atom. The highest BCUT2D eigenvalue weighted by atomic mass is 16.1. The molecule has 0 spiro atoms. The number of nitrogens with one attached hydrogen (secondary N) is 1. The summed E-state index contributed by atoms with van der Waals surface area (Å²) in [7, 11) is 0. The molecule has 4 heteroatoms. The highest BCUT2D eigenvalue weighted by Gasteiger charge is 2.10. The molecule has 3 aromatic rings. The third kappa shape index (κ3) is 1.99. The molecular weight excluding hydrogens is 250 g/mol. The van der Waals surface area contributed by atoms with Gasteiger partial charge in [-0.2, -0.15) is 0 Å². The van der Waals surface area contributed by atoms with E-state index in [0.29, 0.717) is 12.2 Å². The highest BCUT2D eigenvalue weighted by Crippen LogP contribution is 2.24. The van der Waals surface area contributed by atoms with Gasteiger partial charge in [-0.05, 0) is 25.5 Å². The van der Waals surface area contributed by atoms with Gasteiger partial charge in [0.2, 0.25) is 0 Å². The molecule has 0 aliphatic rings. The number of rotatable bonds is 2. The lowest BCUT2D eigenvalue weighted by Gasteiger charge is -2.08. The number of para-hydroxylation sites is 1. The van der Waals surface area contributed by atoms with E-state index in [1.807, 2.05) is 44.2 Å². The second-order valence-corrected chi connectivity index (χ2v) is 4.71. The maximum absolute atomic E-state index is 12.1. The minimum Gasteiger partial charge on any atom is -0.306 e. The predicted molar refractivity (Wildman–Crippen MR) is 79.7 cm³/mol. The monoisotopic (exact) mass is 265 g/mol. The van der Waals surface area contributed by atoms with E-state index in [9.17, 15) is 4.79 Å². The number of aryl methyl sites for hydroxylation is 1. The predicted octanol–water partition coefficient (Wildman–Crippen LogP) is 2.86. The fraction of sp³-hybridized carbons (Fsp3) is 0.188. The van der Waals surface area contributed by atoms with Crippen molar-refractivity contribution in [1.82, 2.24) is 15.0 Å². The van der Waals surface area contributed by atoms with Crippen LogP contribution in [0.2, 0.25) is 0 Å². The van der Waals surface area contributed by atoms with Gasteiger partial charge in [0.25, 0.3) is 5.56 Å². The summed E-state index contributed by atoms with van der Waals surface area (Å²) in [5.74, 6) is 0.600. The van der Waals surface area contributed by atoms with Gasteiger partial charge < -0.3 is 4.98 Å². The number of H-pyrrole nitrogens is 1. The van der Waals surface area contributed by atoms with E-state index in [0.717, 1.165) is 27.7 Å². The molecule has 0 unspecified atom stereocenters. The fourth-order valence-corrected chi connectivity index (χ4v) is 2.46. The van der Waals surface area contributed by atoms with E-state index >= 15 is 0 Å². The number of benzene rings is 1. The van der Waals surface area contributed by atoms with Gasteiger partial charge in [-0.1, -0.05) is 25.1 Å². The SMILES string of the molecule is CCc1c(C)nc(-c2ccnc3ccccc23)[nH]c1=O. The molecular formula is C16H15N3O. The van der Waals surface area contributed by atoms with Crippen molar-refractivity contribution in [3.05, 3.63) is 58.1 Å². The topological polar surface area (TPSA) is 58.6 Å². The van der Waals surface area contributed by atoms with Gasteiger partial charge in [-0.25, -0.2) is 4.98 Å². The van der Waals surface area contributed by atoms with Gasteiger partial charge in [-0.15, -0.1) is 0 Å². The summed E-state index contributed by atoms with van der Waals surface area (Å²) >= 11 is 0. The van der Waals surface area contributed by atoms with Crippen LogP contribution in [0, 0.1) is 6.92 Å². The van der Waals surface area contributed by atoms with Gasteiger partial charge >= 0.3 is 0 Å². The van der Waals surface area contributed by atoms with Crippen molar-refractivity contribution in [3.8, 4) is 11.4 Å². The number of hydrogen-bond donors (Lipinski definition) is 1. The zero-order chi connectivity index (χ0) is 14.1. The van der Waals surface area contributed by atoms with Crippen molar-refractivity contribution in [2.24, 2.45) is 0 Å². The summed E-state index contributed by atoms with van der Waals surface area (Å²) in [6, 6.07) is 9.72. The van der Waals surface area contributed by atoms with Crippen LogP contribution in [-0.2, 0) is 6.42 Å². The van der Waals surface area contributed by atoms with Crippen LogP contribution in [0.1, 0.15) is 18.2 Å². The molecule has 1 N–H and O–H groups in total. The van der Waals surface area contributed by atoms with E-state index in [1.165, 1.54) is 0 Å². The van der Waals surface area contributed by atoms with Gasteiger partial charge in [0, 0.05) is 28.4 Å². The van der Waals surface area contributed by atoms with Crippen LogP contribution >= 0.6 is 0 Å². The lowest BCUT2D eigenvalue weighted by Crippen LogP contribution is -2.16. The van der Waals surface area contributed by atoms with E-state index in [4.69, 9.17) is 0 Å². The molecule has 0 aliphatic carbocycles. The van der Waals surface area contributed by atoms with Crippen LogP contribution in [0.3, 0.4) is 0 Å². The van der Waals surface area contributed by atoms with Crippen LogP contribution < -0.4 is 5.56 Å². The molecule has 2 aromatic heterocycles. The summed E-state index contributed by atoms with van der Waals surface area (Å²) in [4.78, 5) is 23.8. The highest BCUT2D eigenvalue weighted by molar-refractivity contribution is 5.92. The van der Waals surface area contributed by atoms with Crippen molar-refractivity contribution in [2.45, 2.75) is 20.3 Å². The molecule has 0 fully saturated rings. The van der Waals surface area contributed by atoms with Gasteiger partial charge in [-0.3, -0.25) is 9.78 Å². The molecule has 0 bridgehead atoms. The third-order valence-corrected chi connectivity index (χ3v) is 3.48. The van der Waals surface area contributed by atoms with E-state index in [1.54, 1.807) is 6.20 Å². The van der Waals surface area contributed by atoms with Crippen LogP contribution in [0.4, 0.5) is 0 Å². The normalized spacial score (nSPS) is 10.9. The second kappa shape index (κ2) is 4.89. The van der Waals surface area contributed by atoms with Crippen LogP contribution in [-0.4, -0.2) is 15.0 Å². The Hall–Kier alpha value is -2.49. The number of fused-ring (bicyclic) bond motifs is 1. The van der Waals surface area contributed by atoms with Crippen molar-refractivity contribution < 1.29 is 0 Å². The molecule has 4 nitrogen and oxygen atoms in total. The molecule has 0 saturated carbocycles. The van der Waals surface area contributed by atoms with Gasteiger partial charge in [0.15, 0.2) is 0 Å². The van der Waals surface area contributed by atoms with Crippen molar-refractivity contribution >= 4 is 10.9 Å². The van der Waals surface area contributed by atoms with E-state index in [-0.39, 0.29) is 5.56 Å². The number of nitrogens with zero attached hydrogens (tertiary/aromatic N) is 2. The Morgan fingerprint density at radius 1 is 1.20 bits per heavy atom. The van der Waals surface area contributed by atoms with E-state index in [2.05, 4.69) is 15.0 Å². The van der Waals surface area contributed by atoms with Gasteiger partial charge in [0.1, 0.15) is 5.82 Å². The lowest BCUT2D eigenvalue weighted by molar-refractivity contribution is 0.968. The van der Waals surface area contributed by atoms with Crippen molar-refractivity contribution in [2.75, 3.05) is 0 Å². The largest absolute Gasteiger partial charge is 0.306 e. The first-order valence-corrected chi connectivity index (χ1v) is 6.64. The first-order chi connectivity index (χ1) is 9.70. The van der Waals surface area contributed by atoms with Gasteiger partial charge in [0.05, 0.1) is 5.52 Å². The molecule has 0 amide bonds. The Balaban J connectivity index is 2.29. The van der Waals surface area contributed by atoms with E-state index < -0.39 is 0 Å². The minimum absolute atomic E-state index is 0.0594. The molecule has 1 aromatic carbocycles. The quantitative estimate of drug-likeness (QED) is 0.775. The number of pyridine rings is 1. The number of aromatic nitrogens is 3. The molecule has 0 saturated heterocycles. The zero-order valence-electron chi connectivity index (χ0n) is 11.5. The lowest BCUT2D eigenvalue weighted by atomic mass is 10.1. The maximum Gasteiger partial charge on any atom is 0.254 e. The van der Waals surface area contributed by atoms with Crippen molar-refractivity contribution in [3.63, 3.8) is 0 Å². The summed E-state index contributed by atoms with van der Waals surface area (Å²) in [5, 5.41) is 0.988. The standard InChI is InChI=1S/C16H15N3O/c1-3-11-10(2)18-15(19-16(11)20)13-8-9-17-14-7-5-4-6-12(13)14/h4-9H,3H2,1-2H3,(H,18,19,20). The first kappa shape index (κ1) is 12.5. The Bertz CT molecular complexity index is 831. The summed E-state index contributed by atoms with van der Waals surface area (Å²) in [6.45, 7) is 3.84.